The maximum Gasteiger partial charge on any atom is 0.343 e. The van der Waals surface area contributed by atoms with Crippen LogP contribution in [0.2, 0.25) is 5.02 Å². The van der Waals surface area contributed by atoms with Gasteiger partial charge < -0.3 is 10.1 Å². The summed E-state index contributed by atoms with van der Waals surface area (Å²) in [5, 5.41) is 12.7. The lowest BCUT2D eigenvalue weighted by Gasteiger charge is -2.09. The Morgan fingerprint density at radius 3 is 2.39 bits per heavy atom. The Balaban J connectivity index is 1.83. The second-order valence-electron chi connectivity index (χ2n) is 6.86. The van der Waals surface area contributed by atoms with Crippen LogP contribution in [0.3, 0.4) is 0 Å². The average Bonchev–Trinajstić information content (AvgIpc) is 2.76. The molecule has 1 N–H and O–H groups in total. The highest BCUT2D eigenvalue weighted by atomic mass is 35.5. The Morgan fingerprint density at radius 1 is 1.00 bits per heavy atom. The molecule has 1 amide bonds. The van der Waals surface area contributed by atoms with E-state index < -0.39 is 11.9 Å². The van der Waals surface area contributed by atoms with E-state index in [9.17, 15) is 14.9 Å². The monoisotopic (exact) mass is 430 g/mol. The van der Waals surface area contributed by atoms with E-state index >= 15 is 0 Å². The maximum atomic E-state index is 12.6. The number of benzene rings is 3. The number of hydrogen-bond donors (Lipinski definition) is 1. The average molecular weight is 431 g/mol. The summed E-state index contributed by atoms with van der Waals surface area (Å²) in [7, 11) is 0. The van der Waals surface area contributed by atoms with Gasteiger partial charge in [0.1, 0.15) is 17.4 Å². The van der Waals surface area contributed by atoms with Gasteiger partial charge in [0.15, 0.2) is 0 Å². The first-order chi connectivity index (χ1) is 14.9. The van der Waals surface area contributed by atoms with E-state index in [4.69, 9.17) is 16.3 Å². The van der Waals surface area contributed by atoms with Crippen LogP contribution in [0.15, 0.2) is 72.3 Å². The molecular formula is C25H19ClN2O3. The fourth-order valence-corrected chi connectivity index (χ4v) is 2.89. The van der Waals surface area contributed by atoms with Crippen molar-refractivity contribution >= 4 is 35.2 Å². The van der Waals surface area contributed by atoms with Gasteiger partial charge in [-0.15, -0.1) is 0 Å². The van der Waals surface area contributed by atoms with Gasteiger partial charge in [0.25, 0.3) is 5.91 Å². The van der Waals surface area contributed by atoms with Crippen molar-refractivity contribution in [2.24, 2.45) is 0 Å². The lowest BCUT2D eigenvalue weighted by molar-refractivity contribution is -0.112. The quantitative estimate of drug-likeness (QED) is 0.243. The zero-order chi connectivity index (χ0) is 22.4. The van der Waals surface area contributed by atoms with E-state index in [1.54, 1.807) is 54.6 Å². The van der Waals surface area contributed by atoms with E-state index in [0.29, 0.717) is 21.8 Å². The number of ether oxygens (including phenoxy) is 1. The van der Waals surface area contributed by atoms with Gasteiger partial charge in [-0.3, -0.25) is 4.79 Å². The van der Waals surface area contributed by atoms with Crippen molar-refractivity contribution in [1.29, 1.82) is 5.26 Å². The van der Waals surface area contributed by atoms with Crippen LogP contribution in [0.25, 0.3) is 6.08 Å². The smallest absolute Gasteiger partial charge is 0.343 e. The van der Waals surface area contributed by atoms with Gasteiger partial charge in [0, 0.05) is 16.3 Å². The summed E-state index contributed by atoms with van der Waals surface area (Å²) in [6, 6.07) is 20.4. The number of esters is 1. The van der Waals surface area contributed by atoms with Crippen molar-refractivity contribution in [2.45, 2.75) is 13.8 Å². The first-order valence-electron chi connectivity index (χ1n) is 9.44. The van der Waals surface area contributed by atoms with Gasteiger partial charge >= 0.3 is 5.97 Å². The van der Waals surface area contributed by atoms with Crippen LogP contribution in [0.1, 0.15) is 27.0 Å². The SMILES string of the molecule is Cc1ccc(NC(=O)/C(C#N)=C/c2ccccc2OC(=O)c2ccc(Cl)cc2)cc1C. The highest BCUT2D eigenvalue weighted by Gasteiger charge is 2.14. The van der Waals surface area contributed by atoms with Gasteiger partial charge in [-0.2, -0.15) is 5.26 Å². The molecule has 6 heteroatoms. The van der Waals surface area contributed by atoms with E-state index in [0.717, 1.165) is 11.1 Å². The molecular weight excluding hydrogens is 412 g/mol. The molecule has 0 aliphatic carbocycles. The van der Waals surface area contributed by atoms with Crippen LogP contribution in [0.5, 0.6) is 5.75 Å². The Morgan fingerprint density at radius 2 is 1.71 bits per heavy atom. The van der Waals surface area contributed by atoms with Crippen molar-refractivity contribution in [3.8, 4) is 11.8 Å². The number of amides is 1. The molecule has 3 aromatic rings. The molecule has 0 saturated heterocycles. The van der Waals surface area contributed by atoms with Crippen molar-refractivity contribution in [1.82, 2.24) is 0 Å². The maximum absolute atomic E-state index is 12.6. The standard InChI is InChI=1S/C25H19ClN2O3/c1-16-7-12-22(13-17(16)2)28-24(29)20(15-27)14-19-5-3-4-6-23(19)31-25(30)18-8-10-21(26)11-9-18/h3-14H,1-2H3,(H,28,29)/b20-14+. The molecule has 5 nitrogen and oxygen atoms in total. The summed E-state index contributed by atoms with van der Waals surface area (Å²) < 4.78 is 5.48. The van der Waals surface area contributed by atoms with Gasteiger partial charge in [0.2, 0.25) is 0 Å². The summed E-state index contributed by atoms with van der Waals surface area (Å²) in [6.07, 6.45) is 1.39. The zero-order valence-electron chi connectivity index (χ0n) is 17.0. The molecule has 154 valence electrons. The van der Waals surface area contributed by atoms with Gasteiger partial charge in [-0.1, -0.05) is 35.9 Å². The minimum atomic E-state index is -0.574. The van der Waals surface area contributed by atoms with Crippen molar-refractivity contribution in [3.63, 3.8) is 0 Å². The second kappa shape index (κ2) is 9.75. The number of nitrogens with zero attached hydrogens (tertiary/aromatic N) is 1. The number of aryl methyl sites for hydroxylation is 2. The summed E-state index contributed by atoms with van der Waals surface area (Å²) in [5.74, 6) is -0.894. The Hall–Kier alpha value is -3.88. The molecule has 0 bridgehead atoms. The highest BCUT2D eigenvalue weighted by molar-refractivity contribution is 6.30. The van der Waals surface area contributed by atoms with Crippen LogP contribution in [-0.2, 0) is 4.79 Å². The predicted octanol–water partition coefficient (Wildman–Crippen LogP) is 5.72. The number of halogens is 1. The topological polar surface area (TPSA) is 79.2 Å². The summed E-state index contributed by atoms with van der Waals surface area (Å²) in [4.78, 5) is 25.0. The molecule has 3 aromatic carbocycles. The molecule has 0 saturated carbocycles. The summed E-state index contributed by atoms with van der Waals surface area (Å²) in [5.41, 5.74) is 3.36. The van der Waals surface area contributed by atoms with Gasteiger partial charge in [0.05, 0.1) is 5.56 Å². The van der Waals surface area contributed by atoms with E-state index in [1.165, 1.54) is 6.08 Å². The number of hydrogen-bond acceptors (Lipinski definition) is 4. The zero-order valence-corrected chi connectivity index (χ0v) is 17.7. The Labute approximate surface area is 185 Å². The lowest BCUT2D eigenvalue weighted by Crippen LogP contribution is -2.14. The number of para-hydroxylation sites is 1. The largest absolute Gasteiger partial charge is 0.422 e. The molecule has 31 heavy (non-hydrogen) atoms. The first-order valence-corrected chi connectivity index (χ1v) is 9.82. The normalized spacial score (nSPS) is 10.8. The fourth-order valence-electron chi connectivity index (χ4n) is 2.76. The molecule has 0 aromatic heterocycles. The number of carbonyl (C=O) groups is 2. The number of nitrogens with one attached hydrogen (secondary N) is 1. The molecule has 0 unspecified atom stereocenters. The number of rotatable bonds is 5. The van der Waals surface area contributed by atoms with Crippen molar-refractivity contribution in [3.05, 3.63) is 99.6 Å². The van der Waals surface area contributed by atoms with Crippen LogP contribution in [0, 0.1) is 25.2 Å². The van der Waals surface area contributed by atoms with Crippen LogP contribution in [-0.4, -0.2) is 11.9 Å². The van der Waals surface area contributed by atoms with Crippen LogP contribution in [0.4, 0.5) is 5.69 Å². The van der Waals surface area contributed by atoms with Crippen LogP contribution >= 0.6 is 11.6 Å². The second-order valence-corrected chi connectivity index (χ2v) is 7.29. The van der Waals surface area contributed by atoms with Gasteiger partial charge in [-0.25, -0.2) is 4.79 Å². The molecule has 0 fully saturated rings. The molecule has 0 spiro atoms. The van der Waals surface area contributed by atoms with Crippen molar-refractivity contribution < 1.29 is 14.3 Å². The van der Waals surface area contributed by atoms with Gasteiger partial charge in [-0.05, 0) is 73.5 Å². The third-order valence-corrected chi connectivity index (χ3v) is 4.88. The molecule has 0 radical (unpaired) electrons. The number of carbonyl (C=O) groups excluding carboxylic acids is 2. The van der Waals surface area contributed by atoms with Crippen LogP contribution < -0.4 is 10.1 Å². The van der Waals surface area contributed by atoms with E-state index in [1.807, 2.05) is 32.0 Å². The highest BCUT2D eigenvalue weighted by Crippen LogP contribution is 2.23. The minimum absolute atomic E-state index is 0.117. The molecule has 0 aliphatic rings. The van der Waals surface area contributed by atoms with E-state index in [-0.39, 0.29) is 11.3 Å². The molecule has 0 aliphatic heterocycles. The lowest BCUT2D eigenvalue weighted by atomic mass is 10.1. The number of anilines is 1. The Bertz CT molecular complexity index is 1210. The summed E-state index contributed by atoms with van der Waals surface area (Å²) >= 11 is 5.85. The molecule has 3 rings (SSSR count). The Kier molecular flexibility index (Phi) is 6.86. The third-order valence-electron chi connectivity index (χ3n) is 4.63. The third kappa shape index (κ3) is 5.59. The molecule has 0 atom stereocenters. The first kappa shape index (κ1) is 21.8. The number of nitriles is 1. The summed E-state index contributed by atoms with van der Waals surface area (Å²) in [6.45, 7) is 3.92. The minimum Gasteiger partial charge on any atom is -0.422 e. The van der Waals surface area contributed by atoms with E-state index in [2.05, 4.69) is 5.32 Å². The predicted molar refractivity (Wildman–Crippen MR) is 121 cm³/mol. The van der Waals surface area contributed by atoms with Crippen molar-refractivity contribution in [2.75, 3.05) is 5.32 Å². The fraction of sp³-hybridized carbons (Fsp3) is 0.0800. The molecule has 0 heterocycles.